The van der Waals surface area contributed by atoms with Crippen LogP contribution in [0.4, 0.5) is 5.69 Å². The molecular weight excluding hydrogens is 218 g/mol. The first-order valence-corrected chi connectivity index (χ1v) is 4.89. The number of carbonyl (C=O) groups excluding carboxylic acids is 1. The summed E-state index contributed by atoms with van der Waals surface area (Å²) in [5.74, 6) is 0.170. The van der Waals surface area contributed by atoms with Gasteiger partial charge in [0.05, 0.1) is 4.92 Å². The normalized spacial score (nSPS) is 10.0. The fraction of sp³-hybridized carbons (Fsp3) is 0.300. The molecule has 0 aromatic heterocycles. The number of non-ortho nitro benzene ring substituents is 1. The Labute approximate surface area is 92.0 Å². The minimum Gasteiger partial charge on any atom is -0.300 e. The maximum absolute atomic E-state index is 10.9. The molecule has 0 amide bonds. The number of hydrogen-bond donors (Lipinski definition) is 0. The van der Waals surface area contributed by atoms with Crippen LogP contribution in [-0.2, 0) is 17.1 Å². The molecule has 0 fully saturated rings. The van der Waals surface area contributed by atoms with Crippen molar-refractivity contribution in [3.8, 4) is 0 Å². The van der Waals surface area contributed by atoms with Crippen molar-refractivity contribution < 1.29 is 9.72 Å². The summed E-state index contributed by atoms with van der Waals surface area (Å²) in [6, 6.07) is 4.52. The molecule has 0 saturated carbocycles. The molecule has 0 aliphatic carbocycles. The predicted octanol–water partition coefficient (Wildman–Crippen LogP) is 2.47. The fourth-order valence-electron chi connectivity index (χ4n) is 1.32. The Morgan fingerprint density at radius 1 is 1.40 bits per heavy atom. The van der Waals surface area contributed by atoms with Gasteiger partial charge in [-0.25, -0.2) is 0 Å². The summed E-state index contributed by atoms with van der Waals surface area (Å²) < 4.78 is 0. The van der Waals surface area contributed by atoms with E-state index >= 15 is 0 Å². The molecule has 1 aromatic rings. The molecule has 4 nitrogen and oxygen atoms in total. The first-order valence-electron chi connectivity index (χ1n) is 4.35. The lowest BCUT2D eigenvalue weighted by molar-refractivity contribution is -0.385. The maximum atomic E-state index is 10.9. The smallest absolute Gasteiger partial charge is 0.270 e. The number of hydrogen-bond acceptors (Lipinski definition) is 3. The van der Waals surface area contributed by atoms with E-state index in [9.17, 15) is 14.9 Å². The van der Waals surface area contributed by atoms with Crippen LogP contribution in [0.5, 0.6) is 0 Å². The van der Waals surface area contributed by atoms with Gasteiger partial charge in [-0.15, -0.1) is 11.6 Å². The SMILES string of the molecule is CC(=O)Cc1cc(CCl)cc([N+](=O)[O-])c1. The van der Waals surface area contributed by atoms with Crippen LogP contribution in [0.2, 0.25) is 0 Å². The molecular formula is C10H10ClNO3. The van der Waals surface area contributed by atoms with Crippen LogP contribution >= 0.6 is 11.6 Å². The van der Waals surface area contributed by atoms with Crippen LogP contribution in [0.1, 0.15) is 18.1 Å². The van der Waals surface area contributed by atoms with E-state index in [0.717, 1.165) is 0 Å². The topological polar surface area (TPSA) is 60.2 Å². The van der Waals surface area contributed by atoms with Crippen LogP contribution in [0.25, 0.3) is 0 Å². The number of nitro groups is 1. The molecule has 0 unspecified atom stereocenters. The second kappa shape index (κ2) is 4.89. The summed E-state index contributed by atoms with van der Waals surface area (Å²) in [7, 11) is 0. The molecule has 0 spiro atoms. The number of ketones is 1. The number of halogens is 1. The zero-order chi connectivity index (χ0) is 11.4. The fourth-order valence-corrected chi connectivity index (χ4v) is 1.47. The van der Waals surface area contributed by atoms with Crippen molar-refractivity contribution in [2.45, 2.75) is 19.2 Å². The number of benzene rings is 1. The molecule has 0 heterocycles. The number of alkyl halides is 1. The summed E-state index contributed by atoms with van der Waals surface area (Å²) in [6.07, 6.45) is 0.200. The predicted molar refractivity (Wildman–Crippen MR) is 57.0 cm³/mol. The molecule has 5 heteroatoms. The number of nitro benzene ring substituents is 1. The quantitative estimate of drug-likeness (QED) is 0.451. The van der Waals surface area contributed by atoms with Crippen molar-refractivity contribution in [2.75, 3.05) is 0 Å². The van der Waals surface area contributed by atoms with Crippen molar-refractivity contribution in [3.05, 3.63) is 39.4 Å². The molecule has 0 bridgehead atoms. The molecule has 0 saturated heterocycles. The van der Waals surface area contributed by atoms with Crippen LogP contribution in [0, 0.1) is 10.1 Å². The van der Waals surface area contributed by atoms with E-state index in [0.29, 0.717) is 11.1 Å². The second-order valence-corrected chi connectivity index (χ2v) is 3.54. The average Bonchev–Trinajstić information content (AvgIpc) is 2.16. The van der Waals surface area contributed by atoms with E-state index in [-0.39, 0.29) is 23.8 Å². The van der Waals surface area contributed by atoms with Gasteiger partial charge in [0.25, 0.3) is 5.69 Å². The van der Waals surface area contributed by atoms with Gasteiger partial charge < -0.3 is 0 Å². The molecule has 0 N–H and O–H groups in total. The van der Waals surface area contributed by atoms with E-state index in [2.05, 4.69) is 0 Å². The van der Waals surface area contributed by atoms with Gasteiger partial charge in [-0.05, 0) is 18.1 Å². The van der Waals surface area contributed by atoms with Crippen molar-refractivity contribution >= 4 is 23.1 Å². The number of Topliss-reactive ketones (excluding diaryl/α,β-unsaturated/α-hetero) is 1. The first kappa shape index (κ1) is 11.7. The molecule has 15 heavy (non-hydrogen) atoms. The third kappa shape index (κ3) is 3.32. The zero-order valence-electron chi connectivity index (χ0n) is 8.20. The summed E-state index contributed by atoms with van der Waals surface area (Å²) in [5.41, 5.74) is 1.26. The van der Waals surface area contributed by atoms with Gasteiger partial charge in [-0.1, -0.05) is 6.07 Å². The number of nitrogens with zero attached hydrogens (tertiary/aromatic N) is 1. The Kier molecular flexibility index (Phi) is 3.80. The van der Waals surface area contributed by atoms with Gasteiger partial charge in [-0.2, -0.15) is 0 Å². The molecule has 0 atom stereocenters. The van der Waals surface area contributed by atoms with Gasteiger partial charge in [0.2, 0.25) is 0 Å². The van der Waals surface area contributed by atoms with E-state index in [1.165, 1.54) is 19.1 Å². The monoisotopic (exact) mass is 227 g/mol. The maximum Gasteiger partial charge on any atom is 0.270 e. The van der Waals surface area contributed by atoms with Crippen LogP contribution in [-0.4, -0.2) is 10.7 Å². The van der Waals surface area contributed by atoms with Gasteiger partial charge in [0, 0.05) is 24.4 Å². The minimum atomic E-state index is -0.486. The summed E-state index contributed by atoms with van der Waals surface area (Å²) in [4.78, 5) is 21.0. The zero-order valence-corrected chi connectivity index (χ0v) is 8.95. The van der Waals surface area contributed by atoms with E-state index in [1.807, 2.05) is 0 Å². The highest BCUT2D eigenvalue weighted by atomic mass is 35.5. The summed E-state index contributed by atoms with van der Waals surface area (Å²) in [5, 5.41) is 10.6. The Balaban J connectivity index is 3.11. The van der Waals surface area contributed by atoms with E-state index in [1.54, 1.807) is 6.07 Å². The number of carbonyl (C=O) groups is 1. The highest BCUT2D eigenvalue weighted by molar-refractivity contribution is 6.17. The van der Waals surface area contributed by atoms with Crippen LogP contribution in [0.15, 0.2) is 18.2 Å². The highest BCUT2D eigenvalue weighted by Crippen LogP contribution is 2.19. The van der Waals surface area contributed by atoms with Gasteiger partial charge >= 0.3 is 0 Å². The molecule has 0 aliphatic rings. The van der Waals surface area contributed by atoms with Crippen molar-refractivity contribution in [1.29, 1.82) is 0 Å². The Morgan fingerprint density at radius 2 is 2.00 bits per heavy atom. The summed E-state index contributed by atoms with van der Waals surface area (Å²) >= 11 is 5.60. The van der Waals surface area contributed by atoms with Crippen molar-refractivity contribution in [3.63, 3.8) is 0 Å². The Bertz CT molecular complexity index is 404. The van der Waals surface area contributed by atoms with Crippen molar-refractivity contribution in [1.82, 2.24) is 0 Å². The lowest BCUT2D eigenvalue weighted by Crippen LogP contribution is -1.99. The van der Waals surface area contributed by atoms with Gasteiger partial charge in [-0.3, -0.25) is 14.9 Å². The van der Waals surface area contributed by atoms with Gasteiger partial charge in [0.15, 0.2) is 0 Å². The summed E-state index contributed by atoms with van der Waals surface area (Å²) in [6.45, 7) is 1.44. The average molecular weight is 228 g/mol. The standard InChI is InChI=1S/C10H10ClNO3/c1-7(13)2-8-3-9(6-11)5-10(4-8)12(14)15/h3-5H,2,6H2,1H3. The molecule has 1 aromatic carbocycles. The largest absolute Gasteiger partial charge is 0.300 e. The molecule has 80 valence electrons. The van der Waals surface area contributed by atoms with Crippen LogP contribution in [0.3, 0.4) is 0 Å². The molecule has 1 rings (SSSR count). The van der Waals surface area contributed by atoms with Crippen LogP contribution < -0.4 is 0 Å². The second-order valence-electron chi connectivity index (χ2n) is 3.28. The van der Waals surface area contributed by atoms with E-state index < -0.39 is 4.92 Å². The molecule has 0 aliphatic heterocycles. The first-order chi connectivity index (χ1) is 7.02. The molecule has 0 radical (unpaired) electrons. The Morgan fingerprint density at radius 3 is 2.47 bits per heavy atom. The Hall–Kier alpha value is -1.42. The minimum absolute atomic E-state index is 0.0237. The third-order valence-electron chi connectivity index (χ3n) is 1.86. The highest BCUT2D eigenvalue weighted by Gasteiger charge is 2.10. The lowest BCUT2D eigenvalue weighted by Gasteiger charge is -2.01. The van der Waals surface area contributed by atoms with Crippen molar-refractivity contribution in [2.24, 2.45) is 0 Å². The lowest BCUT2D eigenvalue weighted by atomic mass is 10.1. The van der Waals surface area contributed by atoms with Gasteiger partial charge in [0.1, 0.15) is 5.78 Å². The van der Waals surface area contributed by atoms with E-state index in [4.69, 9.17) is 11.6 Å². The number of rotatable bonds is 4. The third-order valence-corrected chi connectivity index (χ3v) is 2.16.